The number of aliphatic hydroxyl groups is 4. The summed E-state index contributed by atoms with van der Waals surface area (Å²) < 4.78 is 5.34. The molecule has 6 nitrogen and oxygen atoms in total. The molecule has 0 aromatic rings. The van der Waals surface area contributed by atoms with Gasteiger partial charge in [0.2, 0.25) is 0 Å². The first-order valence-electron chi connectivity index (χ1n) is 14.5. The lowest BCUT2D eigenvalue weighted by molar-refractivity contribution is -0.245. The van der Waals surface area contributed by atoms with Crippen molar-refractivity contribution in [1.82, 2.24) is 0 Å². The van der Waals surface area contributed by atoms with Crippen molar-refractivity contribution in [2.24, 2.45) is 50.7 Å². The molecule has 37 heavy (non-hydrogen) atoms. The molecule has 210 valence electrons. The number of allylic oxidation sites excluding steroid dienone is 1. The van der Waals surface area contributed by atoms with Crippen molar-refractivity contribution in [3.63, 3.8) is 0 Å². The molecule has 0 bridgehead atoms. The molecule has 4 saturated carbocycles. The second kappa shape index (κ2) is 8.05. The van der Waals surface area contributed by atoms with Gasteiger partial charge in [0.15, 0.2) is 0 Å². The minimum absolute atomic E-state index is 0.107. The van der Waals surface area contributed by atoms with Gasteiger partial charge < -0.3 is 25.2 Å². The van der Waals surface area contributed by atoms with Crippen LogP contribution in [0.25, 0.3) is 0 Å². The third-order valence-corrected chi connectivity index (χ3v) is 13.6. The highest BCUT2D eigenvalue weighted by Gasteiger charge is 2.73. The molecule has 0 spiro atoms. The van der Waals surface area contributed by atoms with E-state index in [1.165, 1.54) is 7.11 Å². The number of hydrogen-bond donors (Lipinski definition) is 4. The van der Waals surface area contributed by atoms with Crippen molar-refractivity contribution in [1.29, 1.82) is 0 Å². The summed E-state index contributed by atoms with van der Waals surface area (Å²) in [5, 5.41) is 45.4. The van der Waals surface area contributed by atoms with Gasteiger partial charge in [0, 0.05) is 5.92 Å². The SMILES string of the molecule is COC(=O)C12CCC3(C)C(=CCC4C5(C)CC(O)C(O)C(C)(C)C5CCC43C)C1C(C)(O)C(C)CC2O. The van der Waals surface area contributed by atoms with E-state index in [9.17, 15) is 25.2 Å². The normalized spacial score (nSPS) is 56.6. The van der Waals surface area contributed by atoms with Gasteiger partial charge in [0.1, 0.15) is 5.41 Å². The molecule has 0 aromatic carbocycles. The third-order valence-electron chi connectivity index (χ3n) is 13.6. The maximum atomic E-state index is 13.5. The molecule has 0 amide bonds. The summed E-state index contributed by atoms with van der Waals surface area (Å²) in [6.45, 7) is 15.1. The first kappa shape index (κ1) is 27.6. The average Bonchev–Trinajstić information content (AvgIpc) is 2.80. The minimum atomic E-state index is -1.15. The number of carbonyl (C=O) groups excluding carboxylic acids is 1. The first-order valence-corrected chi connectivity index (χ1v) is 14.5. The Morgan fingerprint density at radius 2 is 1.65 bits per heavy atom. The lowest BCUT2D eigenvalue weighted by Crippen LogP contribution is -2.71. The van der Waals surface area contributed by atoms with Crippen molar-refractivity contribution in [2.45, 2.75) is 117 Å². The molecule has 0 aromatic heterocycles. The monoisotopic (exact) mass is 518 g/mol. The fourth-order valence-corrected chi connectivity index (χ4v) is 11.2. The van der Waals surface area contributed by atoms with E-state index in [1.807, 2.05) is 13.8 Å². The van der Waals surface area contributed by atoms with Crippen LogP contribution in [-0.2, 0) is 9.53 Å². The molecule has 4 N–H and O–H groups in total. The Kier molecular flexibility index (Phi) is 6.01. The summed E-state index contributed by atoms with van der Waals surface area (Å²) in [7, 11) is 1.39. The van der Waals surface area contributed by atoms with Crippen molar-refractivity contribution in [2.75, 3.05) is 7.11 Å². The van der Waals surface area contributed by atoms with Gasteiger partial charge in [-0.05, 0) is 91.3 Å². The van der Waals surface area contributed by atoms with Crippen LogP contribution in [0.4, 0.5) is 0 Å². The van der Waals surface area contributed by atoms with Gasteiger partial charge in [0.05, 0.1) is 31.0 Å². The van der Waals surface area contributed by atoms with E-state index in [-0.39, 0.29) is 27.6 Å². The highest BCUT2D eigenvalue weighted by atomic mass is 16.5. The molecular formula is C31H50O6. The zero-order valence-electron chi connectivity index (χ0n) is 24.2. The van der Waals surface area contributed by atoms with Gasteiger partial charge in [-0.25, -0.2) is 0 Å². The quantitative estimate of drug-likeness (QED) is 0.306. The van der Waals surface area contributed by atoms with E-state index in [0.717, 1.165) is 31.3 Å². The second-order valence-electron chi connectivity index (χ2n) is 15.2. The van der Waals surface area contributed by atoms with Crippen molar-refractivity contribution < 1.29 is 30.0 Å². The Morgan fingerprint density at radius 3 is 2.27 bits per heavy atom. The fraction of sp³-hybridized carbons (Fsp3) is 0.903. The number of methoxy groups -OCH3 is 1. The fourth-order valence-electron chi connectivity index (χ4n) is 11.2. The molecule has 0 aliphatic heterocycles. The molecule has 5 aliphatic carbocycles. The Bertz CT molecular complexity index is 1000. The van der Waals surface area contributed by atoms with E-state index >= 15 is 0 Å². The summed E-state index contributed by atoms with van der Waals surface area (Å²) in [5.74, 6) is -0.483. The summed E-state index contributed by atoms with van der Waals surface area (Å²) in [6.07, 6.45) is 4.93. The Hall–Kier alpha value is -0.950. The molecule has 0 heterocycles. The van der Waals surface area contributed by atoms with E-state index in [4.69, 9.17) is 4.74 Å². The summed E-state index contributed by atoms with van der Waals surface area (Å²) >= 11 is 0. The van der Waals surface area contributed by atoms with Gasteiger partial charge in [0.25, 0.3) is 0 Å². The van der Waals surface area contributed by atoms with E-state index < -0.39 is 41.2 Å². The molecular weight excluding hydrogens is 468 g/mol. The van der Waals surface area contributed by atoms with Crippen LogP contribution in [0.5, 0.6) is 0 Å². The van der Waals surface area contributed by atoms with Crippen molar-refractivity contribution in [3.8, 4) is 0 Å². The lowest BCUT2D eigenvalue weighted by atomic mass is 9.32. The molecule has 0 radical (unpaired) electrons. The molecule has 0 saturated heterocycles. The van der Waals surface area contributed by atoms with Gasteiger partial charge in [-0.1, -0.05) is 53.2 Å². The number of ether oxygens (including phenoxy) is 1. The van der Waals surface area contributed by atoms with Crippen LogP contribution in [0.15, 0.2) is 11.6 Å². The zero-order chi connectivity index (χ0) is 27.6. The molecule has 12 unspecified atom stereocenters. The second-order valence-corrected chi connectivity index (χ2v) is 15.2. The molecule has 6 heteroatoms. The van der Waals surface area contributed by atoms with Crippen LogP contribution < -0.4 is 0 Å². The van der Waals surface area contributed by atoms with E-state index in [1.54, 1.807) is 0 Å². The minimum Gasteiger partial charge on any atom is -0.468 e. The number of esters is 1. The maximum Gasteiger partial charge on any atom is 0.315 e. The molecule has 5 rings (SSSR count). The molecule has 4 fully saturated rings. The largest absolute Gasteiger partial charge is 0.468 e. The van der Waals surface area contributed by atoms with Gasteiger partial charge >= 0.3 is 5.97 Å². The number of aliphatic hydroxyl groups excluding tert-OH is 3. The number of rotatable bonds is 1. The van der Waals surface area contributed by atoms with Crippen LogP contribution in [0.2, 0.25) is 0 Å². The number of fused-ring (bicyclic) bond motifs is 7. The summed E-state index contributed by atoms with van der Waals surface area (Å²) in [6, 6.07) is 0. The Balaban J connectivity index is 1.67. The van der Waals surface area contributed by atoms with Gasteiger partial charge in [-0.15, -0.1) is 0 Å². The van der Waals surface area contributed by atoms with Crippen LogP contribution in [-0.4, -0.2) is 57.4 Å². The maximum absolute atomic E-state index is 13.5. The van der Waals surface area contributed by atoms with Gasteiger partial charge in [-0.2, -0.15) is 0 Å². The predicted octanol–water partition coefficient (Wildman–Crippen LogP) is 4.23. The molecule has 5 aliphatic rings. The Morgan fingerprint density at radius 1 is 1.00 bits per heavy atom. The first-order chi connectivity index (χ1) is 17.0. The summed E-state index contributed by atoms with van der Waals surface area (Å²) in [4.78, 5) is 13.5. The zero-order valence-corrected chi connectivity index (χ0v) is 24.2. The van der Waals surface area contributed by atoms with Crippen molar-refractivity contribution >= 4 is 5.97 Å². The highest BCUT2D eigenvalue weighted by Crippen LogP contribution is 2.76. The average molecular weight is 519 g/mol. The molecule has 12 atom stereocenters. The van der Waals surface area contributed by atoms with Crippen LogP contribution in [0.3, 0.4) is 0 Å². The highest BCUT2D eigenvalue weighted by molar-refractivity contribution is 5.80. The number of hydrogen-bond acceptors (Lipinski definition) is 6. The summed E-state index contributed by atoms with van der Waals surface area (Å²) in [5.41, 5.74) is -2.07. The standard InChI is InChI=1S/C31H50O6/c1-17-15-22(33)31(25(35)37-8)14-13-28(5)18(23(31)30(17,7)36)9-10-21-27(4)16-19(32)24(34)26(2,3)20(27)11-12-29(21,28)6/h9,17,19-24,32-34,36H,10-16H2,1-8H3. The topological polar surface area (TPSA) is 107 Å². The van der Waals surface area contributed by atoms with E-state index in [0.29, 0.717) is 31.1 Å². The van der Waals surface area contributed by atoms with Crippen molar-refractivity contribution in [3.05, 3.63) is 11.6 Å². The van der Waals surface area contributed by atoms with Crippen LogP contribution in [0.1, 0.15) is 93.4 Å². The van der Waals surface area contributed by atoms with Crippen LogP contribution >= 0.6 is 0 Å². The van der Waals surface area contributed by atoms with Gasteiger partial charge in [-0.3, -0.25) is 4.79 Å². The van der Waals surface area contributed by atoms with E-state index in [2.05, 4.69) is 40.7 Å². The van der Waals surface area contributed by atoms with Crippen LogP contribution in [0, 0.1) is 50.7 Å². The Labute approximate surface area is 222 Å². The third kappa shape index (κ3) is 3.10. The predicted molar refractivity (Wildman–Crippen MR) is 141 cm³/mol. The smallest absolute Gasteiger partial charge is 0.315 e. The number of carbonyl (C=O) groups is 1. The lowest BCUT2D eigenvalue weighted by Gasteiger charge is -2.72.